The molecule has 0 bridgehead atoms. The maximum Gasteiger partial charge on any atom is 0.0507 e. The van der Waals surface area contributed by atoms with E-state index in [9.17, 15) is 0 Å². The molecule has 1 aromatic heterocycles. The number of nitrogens with one attached hydrogen (secondary N) is 1. The molecule has 1 unspecified atom stereocenters. The molecule has 0 saturated carbocycles. The third kappa shape index (κ3) is 2.82. The molecule has 2 aromatic rings. The SMILES string of the molecule is Cc1cn(CCNCC2CCOC2)c2ccccc12. The predicted octanol–water partition coefficient (Wildman–Crippen LogP) is 2.58. The third-order valence-electron chi connectivity index (χ3n) is 3.97. The molecule has 1 aromatic carbocycles. The van der Waals surface area contributed by atoms with E-state index in [1.54, 1.807) is 0 Å². The van der Waals surface area contributed by atoms with Crippen molar-refractivity contribution >= 4 is 10.9 Å². The van der Waals surface area contributed by atoms with Crippen molar-refractivity contribution in [3.63, 3.8) is 0 Å². The van der Waals surface area contributed by atoms with Crippen molar-refractivity contribution in [2.75, 3.05) is 26.3 Å². The molecule has 0 spiro atoms. The zero-order chi connectivity index (χ0) is 13.1. The lowest BCUT2D eigenvalue weighted by Gasteiger charge is -2.10. The van der Waals surface area contributed by atoms with E-state index >= 15 is 0 Å². The van der Waals surface area contributed by atoms with Gasteiger partial charge in [0.1, 0.15) is 0 Å². The van der Waals surface area contributed by atoms with Crippen LogP contribution in [0.4, 0.5) is 0 Å². The van der Waals surface area contributed by atoms with Gasteiger partial charge in [-0.1, -0.05) is 18.2 Å². The standard InChI is InChI=1S/C16H22N2O/c1-13-11-18(16-5-3-2-4-15(13)16)8-7-17-10-14-6-9-19-12-14/h2-5,11,14,17H,6-10,12H2,1H3. The minimum absolute atomic E-state index is 0.711. The molecule has 3 heteroatoms. The van der Waals surface area contributed by atoms with E-state index in [0.29, 0.717) is 5.92 Å². The quantitative estimate of drug-likeness (QED) is 0.834. The van der Waals surface area contributed by atoms with Gasteiger partial charge in [0.25, 0.3) is 0 Å². The Kier molecular flexibility index (Phi) is 3.85. The fraction of sp³-hybridized carbons (Fsp3) is 0.500. The Labute approximate surface area is 114 Å². The molecule has 1 aliphatic heterocycles. The second-order valence-corrected chi connectivity index (χ2v) is 5.46. The normalized spacial score (nSPS) is 19.3. The molecule has 19 heavy (non-hydrogen) atoms. The van der Waals surface area contributed by atoms with Crippen LogP contribution in [0.5, 0.6) is 0 Å². The first-order valence-corrected chi connectivity index (χ1v) is 7.17. The van der Waals surface area contributed by atoms with E-state index in [4.69, 9.17) is 4.74 Å². The van der Waals surface area contributed by atoms with Crippen LogP contribution in [0.2, 0.25) is 0 Å². The monoisotopic (exact) mass is 258 g/mol. The number of aryl methyl sites for hydroxylation is 1. The minimum Gasteiger partial charge on any atom is -0.381 e. The Bertz CT molecular complexity index is 541. The fourth-order valence-corrected chi connectivity index (χ4v) is 2.87. The Morgan fingerprint density at radius 3 is 3.11 bits per heavy atom. The van der Waals surface area contributed by atoms with Gasteiger partial charge in [-0.15, -0.1) is 0 Å². The Hall–Kier alpha value is -1.32. The van der Waals surface area contributed by atoms with E-state index < -0.39 is 0 Å². The van der Waals surface area contributed by atoms with E-state index in [1.165, 1.54) is 22.9 Å². The van der Waals surface area contributed by atoms with Gasteiger partial charge in [0, 0.05) is 43.3 Å². The maximum atomic E-state index is 5.39. The van der Waals surface area contributed by atoms with Crippen LogP contribution in [0.3, 0.4) is 0 Å². The van der Waals surface area contributed by atoms with Crippen LogP contribution in [0.1, 0.15) is 12.0 Å². The Balaban J connectivity index is 1.56. The summed E-state index contributed by atoms with van der Waals surface area (Å²) in [6.07, 6.45) is 3.46. The van der Waals surface area contributed by atoms with Gasteiger partial charge in [-0.3, -0.25) is 0 Å². The van der Waals surface area contributed by atoms with Crippen molar-refractivity contribution in [1.29, 1.82) is 0 Å². The second kappa shape index (κ2) is 5.76. The van der Waals surface area contributed by atoms with Gasteiger partial charge in [0.2, 0.25) is 0 Å². The average molecular weight is 258 g/mol. The summed E-state index contributed by atoms with van der Waals surface area (Å²) in [5.74, 6) is 0.711. The van der Waals surface area contributed by atoms with Crippen LogP contribution in [-0.2, 0) is 11.3 Å². The predicted molar refractivity (Wildman–Crippen MR) is 78.5 cm³/mol. The summed E-state index contributed by atoms with van der Waals surface area (Å²) in [6, 6.07) is 8.62. The molecular formula is C16H22N2O. The van der Waals surface area contributed by atoms with Crippen molar-refractivity contribution in [3.8, 4) is 0 Å². The Morgan fingerprint density at radius 1 is 1.37 bits per heavy atom. The van der Waals surface area contributed by atoms with Crippen LogP contribution < -0.4 is 5.32 Å². The number of rotatable bonds is 5. The number of hydrogen-bond donors (Lipinski definition) is 1. The number of ether oxygens (including phenoxy) is 1. The van der Waals surface area contributed by atoms with Crippen molar-refractivity contribution in [2.45, 2.75) is 19.9 Å². The smallest absolute Gasteiger partial charge is 0.0507 e. The summed E-state index contributed by atoms with van der Waals surface area (Å²) < 4.78 is 7.74. The summed E-state index contributed by atoms with van der Waals surface area (Å²) in [5, 5.41) is 4.92. The first kappa shape index (κ1) is 12.7. The first-order valence-electron chi connectivity index (χ1n) is 7.17. The molecule has 1 N–H and O–H groups in total. The van der Waals surface area contributed by atoms with Crippen LogP contribution >= 0.6 is 0 Å². The van der Waals surface area contributed by atoms with Crippen molar-refractivity contribution < 1.29 is 4.74 Å². The lowest BCUT2D eigenvalue weighted by molar-refractivity contribution is 0.185. The van der Waals surface area contributed by atoms with E-state index in [2.05, 4.69) is 47.3 Å². The molecule has 0 amide bonds. The molecule has 1 saturated heterocycles. The lowest BCUT2D eigenvalue weighted by atomic mass is 10.1. The number of benzene rings is 1. The maximum absolute atomic E-state index is 5.39. The van der Waals surface area contributed by atoms with Crippen LogP contribution in [0.25, 0.3) is 10.9 Å². The van der Waals surface area contributed by atoms with Crippen LogP contribution in [0.15, 0.2) is 30.5 Å². The summed E-state index contributed by atoms with van der Waals surface area (Å²) in [7, 11) is 0. The highest BCUT2D eigenvalue weighted by atomic mass is 16.5. The van der Waals surface area contributed by atoms with Crippen molar-refractivity contribution in [2.24, 2.45) is 5.92 Å². The Morgan fingerprint density at radius 2 is 2.26 bits per heavy atom. The summed E-state index contributed by atoms with van der Waals surface area (Å²) in [6.45, 7) is 7.18. The largest absolute Gasteiger partial charge is 0.381 e. The zero-order valence-corrected chi connectivity index (χ0v) is 11.6. The van der Waals surface area contributed by atoms with Gasteiger partial charge in [-0.25, -0.2) is 0 Å². The molecular weight excluding hydrogens is 236 g/mol. The third-order valence-corrected chi connectivity index (χ3v) is 3.97. The van der Waals surface area contributed by atoms with Gasteiger partial charge >= 0.3 is 0 Å². The molecule has 3 nitrogen and oxygen atoms in total. The summed E-state index contributed by atoms with van der Waals surface area (Å²) in [4.78, 5) is 0. The lowest BCUT2D eigenvalue weighted by Crippen LogP contribution is -2.26. The highest BCUT2D eigenvalue weighted by Gasteiger charge is 2.14. The van der Waals surface area contributed by atoms with Crippen LogP contribution in [0, 0.1) is 12.8 Å². The van der Waals surface area contributed by atoms with Gasteiger partial charge in [-0.2, -0.15) is 0 Å². The average Bonchev–Trinajstić information content (AvgIpc) is 3.04. The summed E-state index contributed by atoms with van der Waals surface area (Å²) >= 11 is 0. The molecule has 1 atom stereocenters. The highest BCUT2D eigenvalue weighted by Crippen LogP contribution is 2.19. The van der Waals surface area contributed by atoms with E-state index in [-0.39, 0.29) is 0 Å². The number of hydrogen-bond acceptors (Lipinski definition) is 2. The van der Waals surface area contributed by atoms with Crippen molar-refractivity contribution in [3.05, 3.63) is 36.0 Å². The van der Waals surface area contributed by atoms with Gasteiger partial charge in [0.05, 0.1) is 6.61 Å². The molecule has 2 heterocycles. The second-order valence-electron chi connectivity index (χ2n) is 5.46. The molecule has 3 rings (SSSR count). The highest BCUT2D eigenvalue weighted by molar-refractivity contribution is 5.83. The molecule has 102 valence electrons. The topological polar surface area (TPSA) is 26.2 Å². The molecule has 0 aliphatic carbocycles. The summed E-state index contributed by atoms with van der Waals surface area (Å²) in [5.41, 5.74) is 2.70. The molecule has 1 fully saturated rings. The number of aromatic nitrogens is 1. The van der Waals surface area contributed by atoms with Crippen molar-refractivity contribution in [1.82, 2.24) is 9.88 Å². The van der Waals surface area contributed by atoms with Crippen LogP contribution in [-0.4, -0.2) is 30.9 Å². The molecule has 1 aliphatic rings. The van der Waals surface area contributed by atoms with E-state index in [1.807, 2.05) is 0 Å². The number of nitrogens with zero attached hydrogens (tertiary/aromatic N) is 1. The number of para-hydroxylation sites is 1. The minimum atomic E-state index is 0.711. The van der Waals surface area contributed by atoms with Gasteiger partial charge in [-0.05, 0) is 30.9 Å². The molecule has 0 radical (unpaired) electrons. The van der Waals surface area contributed by atoms with Gasteiger partial charge < -0.3 is 14.6 Å². The fourth-order valence-electron chi connectivity index (χ4n) is 2.87. The zero-order valence-electron chi connectivity index (χ0n) is 11.6. The van der Waals surface area contributed by atoms with Gasteiger partial charge in [0.15, 0.2) is 0 Å². The number of fused-ring (bicyclic) bond motifs is 1. The first-order chi connectivity index (χ1) is 9.34. The van der Waals surface area contributed by atoms with E-state index in [0.717, 1.165) is 32.8 Å².